The van der Waals surface area contributed by atoms with E-state index in [1.807, 2.05) is 0 Å². The Kier molecular flexibility index (Phi) is 4.40. The molecule has 4 aliphatic rings. The average Bonchev–Trinajstić information content (AvgIpc) is 2.35. The molecule has 0 aromatic heterocycles. The zero-order chi connectivity index (χ0) is 15.2. The maximum atomic E-state index is 4.06. The largest absolute Gasteiger partial charge is 0.309 e. The van der Waals surface area contributed by atoms with Crippen LogP contribution >= 0.6 is 0 Å². The van der Waals surface area contributed by atoms with Crippen molar-refractivity contribution in [2.75, 3.05) is 20.6 Å². The van der Waals surface area contributed by atoms with Crippen molar-refractivity contribution in [1.29, 1.82) is 0 Å². The number of hydrogen-bond donors (Lipinski definition) is 1. The Labute approximate surface area is 132 Å². The van der Waals surface area contributed by atoms with Gasteiger partial charge in [0.15, 0.2) is 0 Å². The molecule has 0 aliphatic heterocycles. The van der Waals surface area contributed by atoms with E-state index in [0.29, 0.717) is 23.4 Å². The lowest BCUT2D eigenvalue weighted by Gasteiger charge is -2.59. The molecule has 2 nitrogen and oxygen atoms in total. The third kappa shape index (κ3) is 3.17. The lowest BCUT2D eigenvalue weighted by molar-refractivity contribution is -0.0733. The highest BCUT2D eigenvalue weighted by Crippen LogP contribution is 2.61. The van der Waals surface area contributed by atoms with Crippen LogP contribution in [-0.2, 0) is 0 Å². The first-order valence-electron chi connectivity index (χ1n) is 9.29. The maximum absolute atomic E-state index is 4.06. The molecule has 0 aromatic carbocycles. The van der Waals surface area contributed by atoms with Crippen LogP contribution in [0.4, 0.5) is 0 Å². The molecule has 0 radical (unpaired) electrons. The second kappa shape index (κ2) is 5.85. The van der Waals surface area contributed by atoms with Crippen molar-refractivity contribution in [3.05, 3.63) is 0 Å². The van der Waals surface area contributed by atoms with Gasteiger partial charge in [-0.1, -0.05) is 13.8 Å². The molecule has 122 valence electrons. The molecule has 0 amide bonds. The molecule has 0 heterocycles. The molecule has 0 aromatic rings. The van der Waals surface area contributed by atoms with Gasteiger partial charge >= 0.3 is 0 Å². The summed E-state index contributed by atoms with van der Waals surface area (Å²) in [4.78, 5) is 2.34. The van der Waals surface area contributed by atoms with Gasteiger partial charge in [-0.3, -0.25) is 0 Å². The molecule has 0 saturated heterocycles. The fourth-order valence-electron chi connectivity index (χ4n) is 6.06. The molecule has 4 aliphatic carbocycles. The second-order valence-corrected chi connectivity index (χ2v) is 9.28. The summed E-state index contributed by atoms with van der Waals surface area (Å²) in [6.45, 7) is 8.40. The Balaban J connectivity index is 1.68. The Bertz CT molecular complexity index is 325. The molecule has 4 saturated carbocycles. The van der Waals surface area contributed by atoms with Gasteiger partial charge in [0.2, 0.25) is 0 Å². The van der Waals surface area contributed by atoms with Gasteiger partial charge in [-0.25, -0.2) is 0 Å². The van der Waals surface area contributed by atoms with E-state index in [9.17, 15) is 0 Å². The minimum Gasteiger partial charge on any atom is -0.309 e. The zero-order valence-corrected chi connectivity index (χ0v) is 14.9. The van der Waals surface area contributed by atoms with Crippen LogP contribution in [0, 0.1) is 29.1 Å². The molecule has 21 heavy (non-hydrogen) atoms. The van der Waals surface area contributed by atoms with Crippen LogP contribution in [0.5, 0.6) is 0 Å². The lowest BCUT2D eigenvalue weighted by atomic mass is 9.48. The minimum absolute atomic E-state index is 0.628. The van der Waals surface area contributed by atoms with Crippen LogP contribution in [0.2, 0.25) is 0 Å². The molecule has 2 unspecified atom stereocenters. The number of nitrogens with zero attached hydrogens (tertiary/aromatic N) is 1. The third-order valence-corrected chi connectivity index (χ3v) is 6.83. The smallest absolute Gasteiger partial charge is 0.0220 e. The summed E-state index contributed by atoms with van der Waals surface area (Å²) in [7, 11) is 4.40. The molecular formula is C19H36N2. The summed E-state index contributed by atoms with van der Waals surface area (Å²) in [5, 5.41) is 4.06. The summed E-state index contributed by atoms with van der Waals surface area (Å²) in [5.41, 5.74) is 0.633. The van der Waals surface area contributed by atoms with Crippen LogP contribution in [-0.4, -0.2) is 37.6 Å². The second-order valence-electron chi connectivity index (χ2n) is 9.28. The lowest BCUT2D eigenvalue weighted by Crippen LogP contribution is -2.58. The summed E-state index contributed by atoms with van der Waals surface area (Å²) in [5.74, 6) is 3.90. The van der Waals surface area contributed by atoms with E-state index in [1.165, 1.54) is 19.3 Å². The average molecular weight is 293 g/mol. The Morgan fingerprint density at radius 2 is 1.43 bits per heavy atom. The van der Waals surface area contributed by atoms with E-state index in [4.69, 9.17) is 0 Å². The predicted molar refractivity (Wildman–Crippen MR) is 90.4 cm³/mol. The fraction of sp³-hybridized carbons (Fsp3) is 1.00. The number of hydrogen-bond acceptors (Lipinski definition) is 2. The molecule has 0 spiro atoms. The van der Waals surface area contributed by atoms with E-state index in [-0.39, 0.29) is 0 Å². The molecule has 2 atom stereocenters. The maximum Gasteiger partial charge on any atom is 0.0220 e. The van der Waals surface area contributed by atoms with Crippen LogP contribution in [0.3, 0.4) is 0 Å². The first kappa shape index (κ1) is 15.8. The normalized spacial score (nSPS) is 41.0. The zero-order valence-electron chi connectivity index (χ0n) is 14.9. The topological polar surface area (TPSA) is 15.3 Å². The van der Waals surface area contributed by atoms with E-state index < -0.39 is 0 Å². The Morgan fingerprint density at radius 3 is 1.81 bits per heavy atom. The monoisotopic (exact) mass is 292 g/mol. The fourth-order valence-corrected chi connectivity index (χ4v) is 6.06. The summed E-state index contributed by atoms with van der Waals surface area (Å²) < 4.78 is 0. The van der Waals surface area contributed by atoms with Gasteiger partial charge in [0.1, 0.15) is 0 Å². The molecule has 4 rings (SSSR count). The molecule has 1 N–H and O–H groups in total. The van der Waals surface area contributed by atoms with Crippen molar-refractivity contribution < 1.29 is 0 Å². The van der Waals surface area contributed by atoms with E-state index in [0.717, 1.165) is 24.3 Å². The van der Waals surface area contributed by atoms with Crippen LogP contribution in [0.1, 0.15) is 59.3 Å². The Morgan fingerprint density at radius 1 is 0.952 bits per heavy atom. The number of rotatable bonds is 6. The standard InChI is InChI=1S/C19H36N2/c1-13(2)18(12-21(4)5)20-14(3)19-9-15-6-16(10-19)8-17(7-15)11-19/h13-18,20H,6-12H2,1-5H3. The van der Waals surface area contributed by atoms with Crippen molar-refractivity contribution in [2.45, 2.75) is 71.4 Å². The highest BCUT2D eigenvalue weighted by atomic mass is 15.1. The first-order valence-corrected chi connectivity index (χ1v) is 9.29. The highest BCUT2D eigenvalue weighted by Gasteiger charge is 2.53. The van der Waals surface area contributed by atoms with Crippen molar-refractivity contribution >= 4 is 0 Å². The third-order valence-electron chi connectivity index (χ3n) is 6.83. The van der Waals surface area contributed by atoms with E-state index in [2.05, 4.69) is 45.1 Å². The van der Waals surface area contributed by atoms with Crippen molar-refractivity contribution in [3.8, 4) is 0 Å². The van der Waals surface area contributed by atoms with Crippen LogP contribution in [0.15, 0.2) is 0 Å². The summed E-state index contributed by atoms with van der Waals surface area (Å²) in [6.07, 6.45) is 9.20. The molecule has 4 bridgehead atoms. The molecule has 2 heteroatoms. The van der Waals surface area contributed by atoms with Gasteiger partial charge in [-0.2, -0.15) is 0 Å². The van der Waals surface area contributed by atoms with Crippen LogP contribution < -0.4 is 5.32 Å². The SMILES string of the molecule is CC(C)C(CN(C)C)NC(C)C12CC3CC(CC(C3)C1)C2. The number of nitrogens with one attached hydrogen (secondary N) is 1. The summed E-state index contributed by atoms with van der Waals surface area (Å²) >= 11 is 0. The summed E-state index contributed by atoms with van der Waals surface area (Å²) in [6, 6.07) is 1.32. The Hall–Kier alpha value is -0.0800. The van der Waals surface area contributed by atoms with Gasteiger partial charge in [0.25, 0.3) is 0 Å². The van der Waals surface area contributed by atoms with Gasteiger partial charge in [-0.05, 0) is 88.6 Å². The van der Waals surface area contributed by atoms with Crippen molar-refractivity contribution in [1.82, 2.24) is 10.2 Å². The predicted octanol–water partition coefficient (Wildman–Crippen LogP) is 3.77. The van der Waals surface area contributed by atoms with Crippen molar-refractivity contribution in [3.63, 3.8) is 0 Å². The first-order chi connectivity index (χ1) is 9.88. The minimum atomic E-state index is 0.628. The highest BCUT2D eigenvalue weighted by molar-refractivity contribution is 5.05. The quantitative estimate of drug-likeness (QED) is 0.802. The van der Waals surface area contributed by atoms with Gasteiger partial charge < -0.3 is 10.2 Å². The molecule has 4 fully saturated rings. The van der Waals surface area contributed by atoms with E-state index in [1.54, 1.807) is 19.3 Å². The number of likely N-dealkylation sites (N-methyl/N-ethyl adjacent to an activating group) is 1. The van der Waals surface area contributed by atoms with E-state index >= 15 is 0 Å². The van der Waals surface area contributed by atoms with Crippen molar-refractivity contribution in [2.24, 2.45) is 29.1 Å². The van der Waals surface area contributed by atoms with Gasteiger partial charge in [0, 0.05) is 18.6 Å². The van der Waals surface area contributed by atoms with Gasteiger partial charge in [0.05, 0.1) is 0 Å². The van der Waals surface area contributed by atoms with Gasteiger partial charge in [-0.15, -0.1) is 0 Å². The molecular weight excluding hydrogens is 256 g/mol. The van der Waals surface area contributed by atoms with Crippen LogP contribution in [0.25, 0.3) is 0 Å².